The molecule has 1 saturated heterocycles. The molecule has 3 heterocycles. The average Bonchev–Trinajstić information content (AvgIpc) is 3.10. The highest BCUT2D eigenvalue weighted by molar-refractivity contribution is 5.78. The van der Waals surface area contributed by atoms with Crippen LogP contribution in [-0.4, -0.2) is 44.2 Å². The number of hydrogen-bond acceptors (Lipinski definition) is 4. The van der Waals surface area contributed by atoms with Crippen LogP contribution in [0.15, 0.2) is 41.2 Å². The number of carboxylic acids is 1. The van der Waals surface area contributed by atoms with E-state index in [0.29, 0.717) is 18.2 Å². The van der Waals surface area contributed by atoms with Gasteiger partial charge >= 0.3 is 5.97 Å². The van der Waals surface area contributed by atoms with Crippen molar-refractivity contribution in [3.05, 3.63) is 63.7 Å². The van der Waals surface area contributed by atoms with Gasteiger partial charge in [0.1, 0.15) is 0 Å². The highest BCUT2D eigenvalue weighted by atomic mass is 16.4. The van der Waals surface area contributed by atoms with Crippen molar-refractivity contribution in [2.45, 2.75) is 31.7 Å². The molecule has 3 aromatic rings. The number of pyridine rings is 1. The van der Waals surface area contributed by atoms with Crippen LogP contribution in [0.25, 0.3) is 10.9 Å². The fourth-order valence-electron chi connectivity index (χ4n) is 3.78. The summed E-state index contributed by atoms with van der Waals surface area (Å²) in [7, 11) is 0. The molecule has 0 aliphatic carbocycles. The van der Waals surface area contributed by atoms with Crippen molar-refractivity contribution in [2.24, 2.45) is 0 Å². The maximum Gasteiger partial charge on any atom is 0.309 e. The van der Waals surface area contributed by atoms with E-state index in [1.807, 2.05) is 36.4 Å². The number of nitrogens with one attached hydrogen (secondary N) is 2. The van der Waals surface area contributed by atoms with Crippen molar-refractivity contribution in [1.29, 1.82) is 0 Å². The molecule has 0 atom stereocenters. The minimum atomic E-state index is -0.861. The predicted molar refractivity (Wildman–Crippen MR) is 102 cm³/mol. The Morgan fingerprint density at radius 2 is 2.00 bits per heavy atom. The molecule has 3 N–H and O–H groups in total. The number of aromatic amines is 2. The fourth-order valence-corrected chi connectivity index (χ4v) is 3.78. The van der Waals surface area contributed by atoms with Gasteiger partial charge in [0.05, 0.1) is 12.1 Å². The van der Waals surface area contributed by atoms with Gasteiger partial charge in [0.25, 0.3) is 5.56 Å². The average molecular weight is 366 g/mol. The van der Waals surface area contributed by atoms with Gasteiger partial charge in [-0.15, -0.1) is 0 Å². The van der Waals surface area contributed by atoms with Gasteiger partial charge in [0.15, 0.2) is 0 Å². The first-order chi connectivity index (χ1) is 13.1. The SMILES string of the molecule is O=C(O)Cc1cc(C2CCN(Cc3cc4ccccc4[nH]c3=O)CC2)n[nH]1. The van der Waals surface area contributed by atoms with Gasteiger partial charge in [0.2, 0.25) is 0 Å². The van der Waals surface area contributed by atoms with Crippen molar-refractivity contribution in [1.82, 2.24) is 20.1 Å². The fraction of sp³-hybridized carbons (Fsp3) is 0.350. The zero-order chi connectivity index (χ0) is 18.8. The third-order valence-electron chi connectivity index (χ3n) is 5.22. The number of carbonyl (C=O) groups is 1. The lowest BCUT2D eigenvalue weighted by Gasteiger charge is -2.31. The quantitative estimate of drug-likeness (QED) is 0.643. The lowest BCUT2D eigenvalue weighted by Crippen LogP contribution is -2.34. The van der Waals surface area contributed by atoms with Crippen LogP contribution in [0.4, 0.5) is 0 Å². The van der Waals surface area contributed by atoms with Crippen molar-refractivity contribution >= 4 is 16.9 Å². The van der Waals surface area contributed by atoms with Crippen molar-refractivity contribution < 1.29 is 9.90 Å². The van der Waals surface area contributed by atoms with Crippen LogP contribution in [0.3, 0.4) is 0 Å². The number of nitrogens with zero attached hydrogens (tertiary/aromatic N) is 2. The van der Waals surface area contributed by atoms with E-state index in [1.54, 1.807) is 0 Å². The lowest BCUT2D eigenvalue weighted by atomic mass is 9.93. The first kappa shape index (κ1) is 17.5. The number of rotatable bonds is 5. The van der Waals surface area contributed by atoms with E-state index < -0.39 is 5.97 Å². The van der Waals surface area contributed by atoms with Crippen LogP contribution >= 0.6 is 0 Å². The van der Waals surface area contributed by atoms with Gasteiger partial charge in [0, 0.05) is 29.2 Å². The van der Waals surface area contributed by atoms with Gasteiger partial charge in [-0.05, 0) is 49.5 Å². The lowest BCUT2D eigenvalue weighted by molar-refractivity contribution is -0.136. The zero-order valence-electron chi connectivity index (χ0n) is 14.9. The van der Waals surface area contributed by atoms with Crippen LogP contribution in [0, 0.1) is 0 Å². The van der Waals surface area contributed by atoms with Crippen LogP contribution in [0.5, 0.6) is 0 Å². The Morgan fingerprint density at radius 1 is 1.22 bits per heavy atom. The van der Waals surface area contributed by atoms with Gasteiger partial charge in [-0.3, -0.25) is 19.6 Å². The molecule has 0 saturated carbocycles. The Balaban J connectivity index is 1.40. The standard InChI is InChI=1S/C20H22N4O3/c25-19(26)11-16-10-18(23-22-16)13-5-7-24(8-6-13)12-15-9-14-3-1-2-4-17(14)21-20(15)27/h1-4,9-10,13H,5-8,11-12H2,(H,21,27)(H,22,23)(H,25,26). The number of aromatic nitrogens is 3. The molecule has 1 aliphatic heterocycles. The number of hydrogen-bond donors (Lipinski definition) is 3. The molecule has 0 bridgehead atoms. The Labute approximate surface area is 156 Å². The third-order valence-corrected chi connectivity index (χ3v) is 5.22. The van der Waals surface area contributed by atoms with E-state index in [-0.39, 0.29) is 12.0 Å². The van der Waals surface area contributed by atoms with E-state index >= 15 is 0 Å². The Morgan fingerprint density at radius 3 is 2.78 bits per heavy atom. The molecule has 27 heavy (non-hydrogen) atoms. The summed E-state index contributed by atoms with van der Waals surface area (Å²) in [6.07, 6.45) is 1.86. The number of fused-ring (bicyclic) bond motifs is 1. The molecule has 1 fully saturated rings. The number of para-hydroxylation sites is 1. The topological polar surface area (TPSA) is 102 Å². The van der Waals surface area contributed by atoms with E-state index in [1.165, 1.54) is 0 Å². The molecule has 0 amide bonds. The monoisotopic (exact) mass is 366 g/mol. The van der Waals surface area contributed by atoms with Crippen molar-refractivity contribution in [3.8, 4) is 0 Å². The molecular weight excluding hydrogens is 344 g/mol. The first-order valence-corrected chi connectivity index (χ1v) is 9.18. The van der Waals surface area contributed by atoms with E-state index in [2.05, 4.69) is 20.1 Å². The first-order valence-electron chi connectivity index (χ1n) is 9.18. The summed E-state index contributed by atoms with van der Waals surface area (Å²) in [4.78, 5) is 28.4. The number of aliphatic carboxylic acids is 1. The molecule has 0 radical (unpaired) electrons. The molecule has 1 aliphatic rings. The summed E-state index contributed by atoms with van der Waals surface area (Å²) in [6, 6.07) is 11.6. The number of piperidine rings is 1. The largest absolute Gasteiger partial charge is 0.481 e. The molecule has 0 unspecified atom stereocenters. The highest BCUT2D eigenvalue weighted by Crippen LogP contribution is 2.27. The second-order valence-corrected chi connectivity index (χ2v) is 7.15. The maximum absolute atomic E-state index is 12.3. The normalized spacial score (nSPS) is 16.0. The molecule has 7 heteroatoms. The van der Waals surface area contributed by atoms with Crippen LogP contribution in [-0.2, 0) is 17.8 Å². The summed E-state index contributed by atoms with van der Waals surface area (Å²) in [5.41, 5.74) is 3.20. The highest BCUT2D eigenvalue weighted by Gasteiger charge is 2.23. The number of H-pyrrole nitrogens is 2. The van der Waals surface area contributed by atoms with E-state index in [4.69, 9.17) is 5.11 Å². The molecule has 140 valence electrons. The molecule has 4 rings (SSSR count). The molecule has 7 nitrogen and oxygen atoms in total. The molecule has 2 aromatic heterocycles. The van der Waals surface area contributed by atoms with E-state index in [9.17, 15) is 9.59 Å². The minimum Gasteiger partial charge on any atom is -0.481 e. The number of benzene rings is 1. The Hall–Kier alpha value is -2.93. The number of likely N-dealkylation sites (tertiary alicyclic amines) is 1. The third kappa shape index (κ3) is 3.93. The van der Waals surface area contributed by atoms with Gasteiger partial charge in [-0.2, -0.15) is 5.10 Å². The summed E-state index contributed by atoms with van der Waals surface area (Å²) in [6.45, 7) is 2.41. The minimum absolute atomic E-state index is 0.0264. The van der Waals surface area contributed by atoms with Crippen LogP contribution in [0.1, 0.15) is 35.7 Å². The zero-order valence-corrected chi connectivity index (χ0v) is 14.9. The predicted octanol–water partition coefficient (Wildman–Crippen LogP) is 2.26. The van der Waals surface area contributed by atoms with Gasteiger partial charge < -0.3 is 10.1 Å². The van der Waals surface area contributed by atoms with Crippen LogP contribution in [0.2, 0.25) is 0 Å². The summed E-state index contributed by atoms with van der Waals surface area (Å²) < 4.78 is 0. The van der Waals surface area contributed by atoms with Gasteiger partial charge in [-0.25, -0.2) is 0 Å². The van der Waals surface area contributed by atoms with Crippen LogP contribution < -0.4 is 5.56 Å². The van der Waals surface area contributed by atoms with Gasteiger partial charge in [-0.1, -0.05) is 18.2 Å². The molecule has 1 aromatic carbocycles. The van der Waals surface area contributed by atoms with E-state index in [0.717, 1.165) is 48.1 Å². The maximum atomic E-state index is 12.3. The summed E-state index contributed by atoms with van der Waals surface area (Å²) in [5.74, 6) is -0.532. The van der Waals surface area contributed by atoms with Crippen molar-refractivity contribution in [3.63, 3.8) is 0 Å². The van der Waals surface area contributed by atoms with Crippen molar-refractivity contribution in [2.75, 3.05) is 13.1 Å². The Bertz CT molecular complexity index is 1020. The number of carboxylic acid groups (broad SMARTS) is 1. The Kier molecular flexibility index (Phi) is 4.77. The molecule has 0 spiro atoms. The molecular formula is C20H22N4O3. The smallest absolute Gasteiger partial charge is 0.309 e. The summed E-state index contributed by atoms with van der Waals surface area (Å²) >= 11 is 0. The second-order valence-electron chi connectivity index (χ2n) is 7.15. The summed E-state index contributed by atoms with van der Waals surface area (Å²) in [5, 5.41) is 17.0. The second kappa shape index (κ2) is 7.36.